The lowest BCUT2D eigenvalue weighted by molar-refractivity contribution is 0.641. The zero-order valence-electron chi connectivity index (χ0n) is 33.8. The second kappa shape index (κ2) is 17.5. The van der Waals surface area contributed by atoms with Crippen molar-refractivity contribution in [2.75, 3.05) is 7.05 Å². The normalized spacial score (nSPS) is 12.7. The molecule has 286 valence electrons. The van der Waals surface area contributed by atoms with Gasteiger partial charge in [0, 0.05) is 52.9 Å². The molecule has 0 N–H and O–H groups in total. The van der Waals surface area contributed by atoms with E-state index in [1.54, 1.807) is 0 Å². The lowest BCUT2D eigenvalue weighted by Gasteiger charge is -2.26. The van der Waals surface area contributed by atoms with Gasteiger partial charge in [-0.1, -0.05) is 202 Å². The number of amidine groups is 2. The van der Waals surface area contributed by atoms with Crippen molar-refractivity contribution in [1.29, 1.82) is 0 Å². The van der Waals surface area contributed by atoms with Crippen molar-refractivity contribution >= 4 is 50.8 Å². The Balaban J connectivity index is 1.06. The molecule has 0 aliphatic carbocycles. The van der Waals surface area contributed by atoms with Crippen molar-refractivity contribution in [1.82, 2.24) is 0 Å². The van der Waals surface area contributed by atoms with Crippen LogP contribution >= 0.6 is 0 Å². The minimum Gasteiger partial charge on any atom is -0.270 e. The monoisotopic (exact) mass is 762 g/mol. The molecule has 0 spiro atoms. The molecule has 59 heavy (non-hydrogen) atoms. The van der Waals surface area contributed by atoms with Gasteiger partial charge >= 0.3 is 0 Å². The Kier molecular flexibility index (Phi) is 11.4. The number of fused-ring (bicyclic) bond motifs is 2. The zero-order chi connectivity index (χ0) is 40.6. The van der Waals surface area contributed by atoms with Crippen LogP contribution in [-0.2, 0) is 11.8 Å². The number of hydrogen-bond donors (Lipinski definition) is 0. The SMILES string of the molecule is C=C(N=C(N=CCc1ccccc1)c1ccc(C(C)(C)c2ccc(C(=NC)N=C(c3ccccc3)c3ccc4ccccc4c3)cc2)cc1)c1ccc2ccccc2c1. The van der Waals surface area contributed by atoms with Crippen LogP contribution in [-0.4, -0.2) is 30.6 Å². The summed E-state index contributed by atoms with van der Waals surface area (Å²) in [7, 11) is 1.81. The molecule has 0 saturated heterocycles. The van der Waals surface area contributed by atoms with E-state index in [9.17, 15) is 0 Å². The second-order valence-electron chi connectivity index (χ2n) is 15.2. The van der Waals surface area contributed by atoms with E-state index >= 15 is 0 Å². The lowest BCUT2D eigenvalue weighted by Crippen LogP contribution is -2.19. The molecule has 0 atom stereocenters. The van der Waals surface area contributed by atoms with E-state index < -0.39 is 0 Å². The van der Waals surface area contributed by atoms with Crippen molar-refractivity contribution in [3.8, 4) is 0 Å². The predicted molar refractivity (Wildman–Crippen MR) is 252 cm³/mol. The van der Waals surface area contributed by atoms with Gasteiger partial charge in [0.05, 0.1) is 11.4 Å². The Morgan fingerprint density at radius 3 is 1.53 bits per heavy atom. The van der Waals surface area contributed by atoms with E-state index in [4.69, 9.17) is 15.0 Å². The smallest absolute Gasteiger partial charge is 0.159 e. The molecule has 0 aromatic heterocycles. The summed E-state index contributed by atoms with van der Waals surface area (Å²) < 4.78 is 0. The summed E-state index contributed by atoms with van der Waals surface area (Å²) in [4.78, 5) is 19.8. The lowest BCUT2D eigenvalue weighted by atomic mass is 9.77. The van der Waals surface area contributed by atoms with Crippen molar-refractivity contribution in [3.05, 3.63) is 245 Å². The Morgan fingerprint density at radius 1 is 0.475 bits per heavy atom. The molecular formula is C55H46N4. The molecule has 0 heterocycles. The molecule has 0 fully saturated rings. The summed E-state index contributed by atoms with van der Waals surface area (Å²) >= 11 is 0. The minimum atomic E-state index is -0.285. The van der Waals surface area contributed by atoms with Crippen LogP contribution < -0.4 is 0 Å². The molecule has 8 aromatic carbocycles. The fourth-order valence-electron chi connectivity index (χ4n) is 7.40. The summed E-state index contributed by atoms with van der Waals surface area (Å²) in [6.07, 6.45) is 2.64. The van der Waals surface area contributed by atoms with Crippen LogP contribution in [0.5, 0.6) is 0 Å². The molecule has 0 aliphatic heterocycles. The van der Waals surface area contributed by atoms with Gasteiger partial charge in [0.2, 0.25) is 0 Å². The van der Waals surface area contributed by atoms with Gasteiger partial charge in [-0.25, -0.2) is 15.0 Å². The maximum absolute atomic E-state index is 5.22. The van der Waals surface area contributed by atoms with E-state index in [2.05, 4.69) is 183 Å². The standard InChI is InChI=1S/C55H46N4/c1-39(46-25-23-41-17-11-13-21-47(41)37-46)58-54(57-36-35-40-15-7-5-8-16-40)45-29-33-51(34-30-45)55(2,3)50-31-27-44(28-32-50)53(56-4)59-52(43-19-9-6-10-20-43)49-26-24-42-18-12-14-22-48(42)38-49/h5-34,36-38H,1,35H2,2-4H3. The van der Waals surface area contributed by atoms with Gasteiger partial charge in [-0.3, -0.25) is 4.99 Å². The van der Waals surface area contributed by atoms with Crippen molar-refractivity contribution < 1.29 is 0 Å². The molecular weight excluding hydrogens is 717 g/mol. The van der Waals surface area contributed by atoms with Crippen LogP contribution in [0.4, 0.5) is 0 Å². The Labute approximate surface area is 347 Å². The van der Waals surface area contributed by atoms with Crippen molar-refractivity contribution in [2.24, 2.45) is 20.0 Å². The van der Waals surface area contributed by atoms with Crippen LogP contribution in [0, 0.1) is 0 Å². The predicted octanol–water partition coefficient (Wildman–Crippen LogP) is 13.0. The maximum atomic E-state index is 5.22. The van der Waals surface area contributed by atoms with Gasteiger partial charge in [0.25, 0.3) is 0 Å². The van der Waals surface area contributed by atoms with E-state index in [0.717, 1.165) is 38.9 Å². The molecule has 0 aliphatic rings. The highest BCUT2D eigenvalue weighted by Crippen LogP contribution is 2.32. The minimum absolute atomic E-state index is 0.285. The molecule has 4 heteroatoms. The summed E-state index contributed by atoms with van der Waals surface area (Å²) in [6, 6.07) is 67.5. The van der Waals surface area contributed by atoms with Crippen LogP contribution in [0.15, 0.2) is 221 Å². The van der Waals surface area contributed by atoms with Gasteiger partial charge in [0.15, 0.2) is 11.7 Å². The molecule has 4 nitrogen and oxygen atoms in total. The topological polar surface area (TPSA) is 49.4 Å². The fourth-order valence-corrected chi connectivity index (χ4v) is 7.40. The second-order valence-corrected chi connectivity index (χ2v) is 15.2. The highest BCUT2D eigenvalue weighted by Gasteiger charge is 2.24. The van der Waals surface area contributed by atoms with Crippen LogP contribution in [0.2, 0.25) is 0 Å². The molecule has 0 radical (unpaired) electrons. The highest BCUT2D eigenvalue weighted by atomic mass is 14.9. The third kappa shape index (κ3) is 8.83. The zero-order valence-corrected chi connectivity index (χ0v) is 33.8. The molecule has 0 saturated carbocycles. The Bertz CT molecular complexity index is 2860. The molecule has 0 unspecified atom stereocenters. The summed E-state index contributed by atoms with van der Waals surface area (Å²) in [5.41, 5.74) is 9.76. The number of nitrogens with zero attached hydrogens (tertiary/aromatic N) is 4. The fraction of sp³-hybridized carbons (Fsp3) is 0.0909. The molecule has 0 bridgehead atoms. The third-order valence-electron chi connectivity index (χ3n) is 10.9. The van der Waals surface area contributed by atoms with Crippen LogP contribution in [0.1, 0.15) is 58.4 Å². The van der Waals surface area contributed by atoms with Gasteiger partial charge in [-0.2, -0.15) is 0 Å². The van der Waals surface area contributed by atoms with Gasteiger partial charge in [-0.05, 0) is 50.4 Å². The van der Waals surface area contributed by atoms with E-state index in [0.29, 0.717) is 23.8 Å². The Morgan fingerprint density at radius 2 is 0.949 bits per heavy atom. The van der Waals surface area contributed by atoms with E-state index in [-0.39, 0.29) is 5.41 Å². The quantitative estimate of drug-likeness (QED) is 0.0984. The molecule has 8 rings (SSSR count). The first-order valence-electron chi connectivity index (χ1n) is 20.0. The van der Waals surface area contributed by atoms with Crippen molar-refractivity contribution in [2.45, 2.75) is 25.7 Å². The third-order valence-corrected chi connectivity index (χ3v) is 10.9. The summed E-state index contributed by atoms with van der Waals surface area (Å²) in [5.74, 6) is 1.30. The van der Waals surface area contributed by atoms with Crippen LogP contribution in [0.3, 0.4) is 0 Å². The molecule has 0 amide bonds. The van der Waals surface area contributed by atoms with Crippen molar-refractivity contribution in [3.63, 3.8) is 0 Å². The average molecular weight is 763 g/mol. The molecule has 8 aromatic rings. The average Bonchev–Trinajstić information content (AvgIpc) is 3.29. The van der Waals surface area contributed by atoms with Gasteiger partial charge < -0.3 is 0 Å². The number of benzene rings is 8. The number of aliphatic imine (C=N–C) groups is 4. The summed E-state index contributed by atoms with van der Waals surface area (Å²) in [5, 5.41) is 4.71. The number of hydrogen-bond acceptors (Lipinski definition) is 2. The maximum Gasteiger partial charge on any atom is 0.159 e. The van der Waals surface area contributed by atoms with Crippen LogP contribution in [0.25, 0.3) is 27.2 Å². The van der Waals surface area contributed by atoms with E-state index in [1.807, 2.05) is 49.7 Å². The Hall–Kier alpha value is -7.30. The first-order valence-corrected chi connectivity index (χ1v) is 20.0. The van der Waals surface area contributed by atoms with E-state index in [1.165, 1.54) is 32.8 Å². The largest absolute Gasteiger partial charge is 0.270 e. The van der Waals surface area contributed by atoms with Gasteiger partial charge in [0.1, 0.15) is 0 Å². The first kappa shape index (κ1) is 38.6. The van der Waals surface area contributed by atoms with Gasteiger partial charge in [-0.15, -0.1) is 0 Å². The first-order chi connectivity index (χ1) is 28.9. The highest BCUT2D eigenvalue weighted by molar-refractivity contribution is 6.20. The summed E-state index contributed by atoms with van der Waals surface area (Å²) in [6.45, 7) is 8.88. The number of rotatable bonds is 10.